The molecule has 1 N–H and O–H groups in total. The number of benzene rings is 2. The van der Waals surface area contributed by atoms with Gasteiger partial charge >= 0.3 is 5.69 Å². The van der Waals surface area contributed by atoms with Gasteiger partial charge in [0.25, 0.3) is 5.91 Å². The number of carbonyl (C=O) groups is 1. The molecule has 0 saturated carbocycles. The van der Waals surface area contributed by atoms with Crippen LogP contribution in [0.2, 0.25) is 0 Å². The third-order valence-electron chi connectivity index (χ3n) is 3.36. The number of methoxy groups -OCH3 is 1. The van der Waals surface area contributed by atoms with Crippen molar-refractivity contribution in [2.75, 3.05) is 19.0 Å². The number of rotatable bonds is 7. The van der Waals surface area contributed by atoms with Gasteiger partial charge in [-0.2, -0.15) is 0 Å². The van der Waals surface area contributed by atoms with Crippen molar-refractivity contribution in [2.24, 2.45) is 0 Å². The molecule has 0 heterocycles. The minimum absolute atomic E-state index is 0.130. The zero-order chi connectivity index (χ0) is 17.5. The summed E-state index contributed by atoms with van der Waals surface area (Å²) in [5, 5.41) is 13.5. The van der Waals surface area contributed by atoms with Crippen LogP contribution in [0, 0.1) is 10.1 Å². The Balaban J connectivity index is 1.96. The van der Waals surface area contributed by atoms with E-state index >= 15 is 0 Å². The molecule has 7 nitrogen and oxygen atoms in total. The summed E-state index contributed by atoms with van der Waals surface area (Å²) >= 11 is 0. The largest absolute Gasteiger partial charge is 0.490 e. The van der Waals surface area contributed by atoms with E-state index in [9.17, 15) is 14.9 Å². The first-order chi connectivity index (χ1) is 11.5. The number of nitro benzene ring substituents is 1. The molecule has 1 amide bonds. The van der Waals surface area contributed by atoms with E-state index in [4.69, 9.17) is 9.47 Å². The Bertz CT molecular complexity index is 728. The van der Waals surface area contributed by atoms with Crippen molar-refractivity contribution in [3.63, 3.8) is 0 Å². The topological polar surface area (TPSA) is 90.7 Å². The van der Waals surface area contributed by atoms with Crippen molar-refractivity contribution >= 4 is 17.3 Å². The van der Waals surface area contributed by atoms with Crippen LogP contribution in [-0.2, 0) is 11.2 Å². The highest BCUT2D eigenvalue weighted by atomic mass is 16.6. The standard InChI is InChI=1S/C17H18N2O5/c1-3-12-4-7-14(8-5-12)24-11-17(20)18-13-6-9-16(23-2)15(10-13)19(21)22/h4-10H,3,11H2,1-2H3,(H,18,20). The van der Waals surface area contributed by atoms with Crippen LogP contribution in [0.4, 0.5) is 11.4 Å². The van der Waals surface area contributed by atoms with Crippen LogP contribution < -0.4 is 14.8 Å². The first-order valence-electron chi connectivity index (χ1n) is 7.37. The molecule has 7 heteroatoms. The summed E-state index contributed by atoms with van der Waals surface area (Å²) < 4.78 is 10.3. The molecular formula is C17H18N2O5. The number of ether oxygens (including phenoxy) is 2. The van der Waals surface area contributed by atoms with Gasteiger partial charge in [-0.3, -0.25) is 14.9 Å². The number of nitrogens with one attached hydrogen (secondary N) is 1. The van der Waals surface area contributed by atoms with E-state index in [0.29, 0.717) is 11.4 Å². The molecule has 0 unspecified atom stereocenters. The number of nitro groups is 1. The average Bonchev–Trinajstić information content (AvgIpc) is 2.60. The summed E-state index contributed by atoms with van der Waals surface area (Å²) in [7, 11) is 1.35. The molecule has 0 radical (unpaired) electrons. The summed E-state index contributed by atoms with van der Waals surface area (Å²) in [4.78, 5) is 22.3. The van der Waals surface area contributed by atoms with Crippen molar-refractivity contribution < 1.29 is 19.2 Å². The van der Waals surface area contributed by atoms with Gasteiger partial charge in [-0.1, -0.05) is 19.1 Å². The summed E-state index contributed by atoms with van der Waals surface area (Å²) in [6, 6.07) is 11.7. The van der Waals surface area contributed by atoms with Crippen LogP contribution in [0.1, 0.15) is 12.5 Å². The van der Waals surface area contributed by atoms with Crippen LogP contribution in [0.3, 0.4) is 0 Å². The number of amides is 1. The highest BCUT2D eigenvalue weighted by molar-refractivity contribution is 5.92. The minimum Gasteiger partial charge on any atom is -0.490 e. The quantitative estimate of drug-likeness (QED) is 0.622. The van der Waals surface area contributed by atoms with Crippen molar-refractivity contribution in [3.8, 4) is 11.5 Å². The monoisotopic (exact) mass is 330 g/mol. The van der Waals surface area contributed by atoms with Gasteiger partial charge in [-0.25, -0.2) is 0 Å². The van der Waals surface area contributed by atoms with Gasteiger partial charge in [-0.05, 0) is 36.2 Å². The molecule has 2 aromatic rings. The maximum absolute atomic E-state index is 11.9. The number of aryl methyl sites for hydroxylation is 1. The number of hydrogen-bond acceptors (Lipinski definition) is 5. The zero-order valence-electron chi connectivity index (χ0n) is 13.4. The van der Waals surface area contributed by atoms with Gasteiger partial charge in [0.15, 0.2) is 12.4 Å². The molecule has 0 aliphatic rings. The summed E-state index contributed by atoms with van der Waals surface area (Å²) in [5.74, 6) is 0.308. The third-order valence-corrected chi connectivity index (χ3v) is 3.36. The zero-order valence-corrected chi connectivity index (χ0v) is 13.4. The molecule has 0 aliphatic heterocycles. The fourth-order valence-electron chi connectivity index (χ4n) is 2.08. The second-order valence-corrected chi connectivity index (χ2v) is 4.98. The maximum atomic E-state index is 11.9. The van der Waals surface area contributed by atoms with Crippen molar-refractivity contribution in [2.45, 2.75) is 13.3 Å². The molecule has 0 aromatic heterocycles. The van der Waals surface area contributed by atoms with Gasteiger partial charge in [0.2, 0.25) is 0 Å². The molecule has 0 spiro atoms. The number of carbonyl (C=O) groups excluding carboxylic acids is 1. The predicted octanol–water partition coefficient (Wildman–Crippen LogP) is 3.18. The van der Waals surface area contributed by atoms with E-state index < -0.39 is 10.8 Å². The average molecular weight is 330 g/mol. The summed E-state index contributed by atoms with van der Waals surface area (Å²) in [5.41, 5.74) is 1.26. The van der Waals surface area contributed by atoms with Crippen molar-refractivity contribution in [3.05, 3.63) is 58.1 Å². The lowest BCUT2D eigenvalue weighted by atomic mass is 10.2. The smallest absolute Gasteiger partial charge is 0.312 e. The normalized spacial score (nSPS) is 10.1. The number of nitrogens with zero attached hydrogens (tertiary/aromatic N) is 1. The first kappa shape index (κ1) is 17.3. The van der Waals surface area contributed by atoms with Crippen molar-refractivity contribution in [1.82, 2.24) is 0 Å². The predicted molar refractivity (Wildman–Crippen MR) is 89.6 cm³/mol. The Hall–Kier alpha value is -3.09. The molecule has 0 bridgehead atoms. The Morgan fingerprint density at radius 2 is 1.92 bits per heavy atom. The molecule has 2 rings (SSSR count). The molecule has 0 saturated heterocycles. The van der Waals surface area contributed by atoms with Crippen molar-refractivity contribution in [1.29, 1.82) is 0 Å². The van der Waals surface area contributed by atoms with Crippen LogP contribution in [-0.4, -0.2) is 24.5 Å². The minimum atomic E-state index is -0.569. The first-order valence-corrected chi connectivity index (χ1v) is 7.37. The molecule has 126 valence electrons. The Kier molecular flexibility index (Phi) is 5.73. The second kappa shape index (κ2) is 7.96. The highest BCUT2D eigenvalue weighted by Crippen LogP contribution is 2.29. The second-order valence-electron chi connectivity index (χ2n) is 4.98. The fourth-order valence-corrected chi connectivity index (χ4v) is 2.08. The summed E-state index contributed by atoms with van der Waals surface area (Å²) in [6.07, 6.45) is 0.928. The van der Waals surface area contributed by atoms with Gasteiger partial charge in [0, 0.05) is 11.8 Å². The molecule has 0 aliphatic carbocycles. The Labute approximate surface area is 139 Å². The Morgan fingerprint density at radius 3 is 2.50 bits per heavy atom. The lowest BCUT2D eigenvalue weighted by molar-refractivity contribution is -0.385. The van der Waals surface area contributed by atoms with Gasteiger partial charge in [0.05, 0.1) is 12.0 Å². The lowest BCUT2D eigenvalue weighted by Gasteiger charge is -2.09. The molecule has 24 heavy (non-hydrogen) atoms. The van der Waals surface area contributed by atoms with Gasteiger partial charge in [-0.15, -0.1) is 0 Å². The van der Waals surface area contributed by atoms with E-state index in [-0.39, 0.29) is 18.0 Å². The number of hydrogen-bond donors (Lipinski definition) is 1. The molecule has 0 atom stereocenters. The van der Waals surface area contributed by atoms with E-state index in [2.05, 4.69) is 12.2 Å². The third kappa shape index (κ3) is 4.45. The van der Waals surface area contributed by atoms with Crippen LogP contribution >= 0.6 is 0 Å². The lowest BCUT2D eigenvalue weighted by Crippen LogP contribution is -2.20. The molecule has 2 aromatic carbocycles. The highest BCUT2D eigenvalue weighted by Gasteiger charge is 2.16. The molecular weight excluding hydrogens is 312 g/mol. The Morgan fingerprint density at radius 1 is 1.21 bits per heavy atom. The van der Waals surface area contributed by atoms with Crippen LogP contribution in [0.25, 0.3) is 0 Å². The number of anilines is 1. The van der Waals surface area contributed by atoms with Crippen LogP contribution in [0.5, 0.6) is 11.5 Å². The fraction of sp³-hybridized carbons (Fsp3) is 0.235. The molecule has 0 fully saturated rings. The maximum Gasteiger partial charge on any atom is 0.312 e. The van der Waals surface area contributed by atoms with Gasteiger partial charge < -0.3 is 14.8 Å². The summed E-state index contributed by atoms with van der Waals surface area (Å²) in [6.45, 7) is 1.86. The van der Waals surface area contributed by atoms with E-state index in [1.54, 1.807) is 12.1 Å². The van der Waals surface area contributed by atoms with Crippen LogP contribution in [0.15, 0.2) is 42.5 Å². The SMILES string of the molecule is CCc1ccc(OCC(=O)Nc2ccc(OC)c([N+](=O)[O-])c2)cc1. The van der Waals surface area contributed by atoms with Gasteiger partial charge in [0.1, 0.15) is 5.75 Å². The van der Waals surface area contributed by atoms with E-state index in [1.165, 1.54) is 30.9 Å². The van der Waals surface area contributed by atoms with E-state index in [0.717, 1.165) is 6.42 Å². The van der Waals surface area contributed by atoms with E-state index in [1.807, 2.05) is 12.1 Å².